The number of sulfone groups is 1. The SMILES string of the molecule is CS(=O)(=O)c1nc(Cl)c(C#N)c(Nc2cnccn2)n1. The van der Waals surface area contributed by atoms with Gasteiger partial charge in [-0.25, -0.2) is 18.4 Å². The Kier molecular flexibility index (Phi) is 3.78. The Morgan fingerprint density at radius 3 is 2.65 bits per heavy atom. The van der Waals surface area contributed by atoms with Gasteiger partial charge in [0.15, 0.2) is 11.0 Å². The van der Waals surface area contributed by atoms with Crippen LogP contribution in [0.3, 0.4) is 0 Å². The summed E-state index contributed by atoms with van der Waals surface area (Å²) in [4.78, 5) is 15.1. The van der Waals surface area contributed by atoms with Crippen molar-refractivity contribution in [3.63, 3.8) is 0 Å². The molecule has 0 unspecified atom stereocenters. The molecule has 10 heteroatoms. The maximum absolute atomic E-state index is 11.5. The molecule has 102 valence electrons. The summed E-state index contributed by atoms with van der Waals surface area (Å²) in [6, 6.07) is 1.80. The molecule has 2 heterocycles. The van der Waals surface area contributed by atoms with E-state index >= 15 is 0 Å². The molecule has 0 amide bonds. The van der Waals surface area contributed by atoms with Crippen LogP contribution in [0.5, 0.6) is 0 Å². The van der Waals surface area contributed by atoms with Gasteiger partial charge in [0, 0.05) is 18.6 Å². The standard InChI is InChI=1S/C10H7ClN6O2S/c1-20(18,19)10-16-8(11)6(4-12)9(17-10)15-7-5-13-2-3-14-7/h2-3,5H,1H3,(H,14,15,16,17). The van der Waals surface area contributed by atoms with Crippen molar-refractivity contribution < 1.29 is 8.42 Å². The highest BCUT2D eigenvalue weighted by molar-refractivity contribution is 7.90. The summed E-state index contributed by atoms with van der Waals surface area (Å²) in [7, 11) is -3.66. The van der Waals surface area contributed by atoms with E-state index in [0.29, 0.717) is 5.82 Å². The van der Waals surface area contributed by atoms with E-state index in [1.165, 1.54) is 18.6 Å². The summed E-state index contributed by atoms with van der Waals surface area (Å²) in [6.45, 7) is 0. The quantitative estimate of drug-likeness (QED) is 0.656. The van der Waals surface area contributed by atoms with Crippen LogP contribution >= 0.6 is 11.6 Å². The molecule has 0 saturated heterocycles. The molecule has 0 aliphatic carbocycles. The molecular formula is C10H7ClN6O2S. The smallest absolute Gasteiger partial charge is 0.250 e. The second-order valence-corrected chi connectivity index (χ2v) is 5.89. The van der Waals surface area contributed by atoms with Crippen molar-refractivity contribution in [1.29, 1.82) is 5.26 Å². The van der Waals surface area contributed by atoms with Crippen molar-refractivity contribution in [3.05, 3.63) is 29.3 Å². The molecule has 0 saturated carbocycles. The topological polar surface area (TPSA) is 122 Å². The molecule has 0 atom stereocenters. The van der Waals surface area contributed by atoms with Crippen LogP contribution in [0.15, 0.2) is 23.7 Å². The summed E-state index contributed by atoms with van der Waals surface area (Å²) < 4.78 is 22.9. The molecule has 0 aliphatic heterocycles. The number of aromatic nitrogens is 4. The largest absolute Gasteiger partial charge is 0.322 e. The minimum atomic E-state index is -3.66. The molecule has 20 heavy (non-hydrogen) atoms. The molecule has 0 spiro atoms. The van der Waals surface area contributed by atoms with Crippen LogP contribution in [0.2, 0.25) is 5.15 Å². The van der Waals surface area contributed by atoms with E-state index in [9.17, 15) is 8.42 Å². The first-order chi connectivity index (χ1) is 9.41. The fraction of sp³-hybridized carbons (Fsp3) is 0.100. The number of anilines is 2. The average Bonchev–Trinajstić information content (AvgIpc) is 2.38. The molecule has 2 rings (SSSR count). The Bertz CT molecular complexity index is 787. The normalized spacial score (nSPS) is 10.8. The predicted molar refractivity (Wildman–Crippen MR) is 70.2 cm³/mol. The van der Waals surface area contributed by atoms with Gasteiger partial charge in [-0.15, -0.1) is 0 Å². The number of hydrogen-bond acceptors (Lipinski definition) is 8. The Balaban J connectivity index is 2.56. The lowest BCUT2D eigenvalue weighted by Gasteiger charge is -2.08. The number of nitriles is 1. The van der Waals surface area contributed by atoms with Gasteiger partial charge in [0.25, 0.3) is 0 Å². The van der Waals surface area contributed by atoms with Crippen LogP contribution in [0.25, 0.3) is 0 Å². The number of rotatable bonds is 3. The van der Waals surface area contributed by atoms with Crippen molar-refractivity contribution in [2.75, 3.05) is 11.6 Å². The molecular weight excluding hydrogens is 304 g/mol. The average molecular weight is 311 g/mol. The highest BCUT2D eigenvalue weighted by Gasteiger charge is 2.19. The Hall–Kier alpha value is -2.31. The van der Waals surface area contributed by atoms with Crippen molar-refractivity contribution >= 4 is 33.1 Å². The number of hydrogen-bond donors (Lipinski definition) is 1. The first-order valence-corrected chi connectivity index (χ1v) is 7.39. The highest BCUT2D eigenvalue weighted by Crippen LogP contribution is 2.23. The molecule has 8 nitrogen and oxygen atoms in total. The molecule has 0 aliphatic rings. The third-order valence-corrected chi connectivity index (χ3v) is 3.22. The molecule has 0 bridgehead atoms. The second kappa shape index (κ2) is 5.36. The monoisotopic (exact) mass is 310 g/mol. The molecule has 0 aromatic carbocycles. The number of nitrogens with zero attached hydrogens (tertiary/aromatic N) is 5. The zero-order valence-electron chi connectivity index (χ0n) is 10.1. The van der Waals surface area contributed by atoms with Gasteiger partial charge in [0.2, 0.25) is 15.0 Å². The Labute approximate surface area is 119 Å². The van der Waals surface area contributed by atoms with Crippen LogP contribution in [0.1, 0.15) is 5.56 Å². The summed E-state index contributed by atoms with van der Waals surface area (Å²) in [5.74, 6) is 0.242. The third kappa shape index (κ3) is 2.98. The minimum absolute atomic E-state index is 0.0478. The van der Waals surface area contributed by atoms with Gasteiger partial charge in [0.05, 0.1) is 6.20 Å². The molecule has 1 N–H and O–H groups in total. The Morgan fingerprint density at radius 1 is 1.35 bits per heavy atom. The summed E-state index contributed by atoms with van der Waals surface area (Å²) in [6.07, 6.45) is 5.22. The zero-order chi connectivity index (χ0) is 14.8. The van der Waals surface area contributed by atoms with E-state index in [1.807, 2.05) is 0 Å². The van der Waals surface area contributed by atoms with Gasteiger partial charge in [0.1, 0.15) is 17.5 Å². The second-order valence-electron chi connectivity index (χ2n) is 3.62. The minimum Gasteiger partial charge on any atom is -0.322 e. The van der Waals surface area contributed by atoms with Crippen LogP contribution in [-0.2, 0) is 9.84 Å². The lowest BCUT2D eigenvalue weighted by molar-refractivity contribution is 0.593. The lowest BCUT2D eigenvalue weighted by Crippen LogP contribution is -2.09. The van der Waals surface area contributed by atoms with Crippen LogP contribution in [0.4, 0.5) is 11.6 Å². The van der Waals surface area contributed by atoms with Gasteiger partial charge < -0.3 is 5.32 Å². The van der Waals surface area contributed by atoms with Crippen LogP contribution in [0, 0.1) is 11.3 Å². The van der Waals surface area contributed by atoms with Gasteiger partial charge in [-0.2, -0.15) is 10.2 Å². The summed E-state index contributed by atoms with van der Waals surface area (Å²) in [5.41, 5.74) is -0.0790. The maximum Gasteiger partial charge on any atom is 0.250 e. The van der Waals surface area contributed by atoms with Crippen molar-refractivity contribution in [3.8, 4) is 6.07 Å². The van der Waals surface area contributed by atoms with Crippen molar-refractivity contribution in [2.45, 2.75) is 5.16 Å². The molecule has 0 fully saturated rings. The number of nitrogens with one attached hydrogen (secondary N) is 1. The van der Waals surface area contributed by atoms with E-state index in [4.69, 9.17) is 16.9 Å². The fourth-order valence-electron chi connectivity index (χ4n) is 1.25. The first-order valence-electron chi connectivity index (χ1n) is 5.12. The van der Waals surface area contributed by atoms with Gasteiger partial charge in [-0.3, -0.25) is 4.98 Å². The van der Waals surface area contributed by atoms with E-state index in [0.717, 1.165) is 6.26 Å². The van der Waals surface area contributed by atoms with E-state index < -0.39 is 15.0 Å². The fourth-order valence-corrected chi connectivity index (χ4v) is 2.03. The number of halogens is 1. The van der Waals surface area contributed by atoms with Crippen LogP contribution in [-0.4, -0.2) is 34.6 Å². The first kappa shape index (κ1) is 14.1. The van der Waals surface area contributed by atoms with Crippen molar-refractivity contribution in [1.82, 2.24) is 19.9 Å². The van der Waals surface area contributed by atoms with E-state index in [-0.39, 0.29) is 16.5 Å². The predicted octanol–water partition coefficient (Wildman–Crippen LogP) is 0.939. The molecule has 2 aromatic rings. The molecule has 0 radical (unpaired) electrons. The highest BCUT2D eigenvalue weighted by atomic mass is 35.5. The zero-order valence-corrected chi connectivity index (χ0v) is 11.6. The van der Waals surface area contributed by atoms with Gasteiger partial charge in [-0.05, 0) is 0 Å². The maximum atomic E-state index is 11.5. The van der Waals surface area contributed by atoms with Crippen molar-refractivity contribution in [2.24, 2.45) is 0 Å². The summed E-state index contributed by atoms with van der Waals surface area (Å²) in [5, 5.41) is 11.0. The lowest BCUT2D eigenvalue weighted by atomic mass is 10.3. The van der Waals surface area contributed by atoms with E-state index in [2.05, 4.69) is 25.3 Å². The van der Waals surface area contributed by atoms with Gasteiger partial charge in [-0.1, -0.05) is 11.6 Å². The summed E-state index contributed by atoms with van der Waals surface area (Å²) >= 11 is 5.79. The third-order valence-electron chi connectivity index (χ3n) is 2.10. The van der Waals surface area contributed by atoms with Gasteiger partial charge >= 0.3 is 0 Å². The van der Waals surface area contributed by atoms with Crippen LogP contribution < -0.4 is 5.32 Å². The Morgan fingerprint density at radius 2 is 2.10 bits per heavy atom. The molecule has 2 aromatic heterocycles. The van der Waals surface area contributed by atoms with E-state index in [1.54, 1.807) is 6.07 Å².